The number of thiophene rings is 1. The van der Waals surface area contributed by atoms with Gasteiger partial charge in [0, 0.05) is 18.0 Å². The van der Waals surface area contributed by atoms with Crippen molar-refractivity contribution in [3.05, 3.63) is 47.0 Å². The molecule has 3 rings (SSSR count). The molecule has 2 aromatic heterocycles. The second kappa shape index (κ2) is 7.92. The van der Waals surface area contributed by atoms with E-state index in [1.54, 1.807) is 4.90 Å². The highest BCUT2D eigenvalue weighted by Gasteiger charge is 2.22. The quantitative estimate of drug-likeness (QED) is 0.708. The first-order valence-electron chi connectivity index (χ1n) is 9.04. The number of nitrogens with zero attached hydrogens (tertiary/aromatic N) is 3. The van der Waals surface area contributed by atoms with Crippen LogP contribution in [-0.4, -0.2) is 45.6 Å². The van der Waals surface area contributed by atoms with Crippen LogP contribution in [0, 0.1) is 6.92 Å². The summed E-state index contributed by atoms with van der Waals surface area (Å²) in [5.41, 5.74) is 1.84. The monoisotopic (exact) mass is 384 g/mol. The largest absolute Gasteiger partial charge is 0.352 e. The molecule has 0 spiro atoms. The average Bonchev–Trinajstić information content (AvgIpc) is 3.20. The molecule has 0 aliphatic rings. The van der Waals surface area contributed by atoms with Crippen molar-refractivity contribution in [2.24, 2.45) is 0 Å². The Morgan fingerprint density at radius 2 is 1.96 bits per heavy atom. The number of amides is 2. The molecule has 0 saturated heterocycles. The predicted molar refractivity (Wildman–Crippen MR) is 109 cm³/mol. The lowest BCUT2D eigenvalue weighted by Gasteiger charge is -2.20. The standard InChI is InChI=1S/C20H24N4O2S/c1-5-23(12-18(25)21-13(2)3)19(26)17-11-16-14(4)22-24(20(16)27-17)15-9-7-6-8-10-15/h6-11,13H,5,12H2,1-4H3,(H,21,25). The number of aryl methyl sites for hydroxylation is 1. The van der Waals surface area contributed by atoms with Gasteiger partial charge in [-0.15, -0.1) is 11.3 Å². The van der Waals surface area contributed by atoms with Crippen LogP contribution in [0.1, 0.15) is 36.1 Å². The van der Waals surface area contributed by atoms with Crippen LogP contribution in [-0.2, 0) is 4.79 Å². The van der Waals surface area contributed by atoms with Crippen LogP contribution in [0.4, 0.5) is 0 Å². The fourth-order valence-corrected chi connectivity index (χ4v) is 4.07. The minimum absolute atomic E-state index is 0.0511. The lowest BCUT2D eigenvalue weighted by atomic mass is 10.3. The van der Waals surface area contributed by atoms with Crippen LogP contribution in [0.15, 0.2) is 36.4 Å². The van der Waals surface area contributed by atoms with E-state index in [1.165, 1.54) is 11.3 Å². The summed E-state index contributed by atoms with van der Waals surface area (Å²) in [6.07, 6.45) is 0. The third kappa shape index (κ3) is 4.03. The highest BCUT2D eigenvalue weighted by atomic mass is 32.1. The Kier molecular flexibility index (Phi) is 5.60. The number of hydrogen-bond donors (Lipinski definition) is 1. The van der Waals surface area contributed by atoms with Gasteiger partial charge in [-0.3, -0.25) is 9.59 Å². The van der Waals surface area contributed by atoms with E-state index in [0.29, 0.717) is 11.4 Å². The van der Waals surface area contributed by atoms with Crippen LogP contribution in [0.2, 0.25) is 0 Å². The summed E-state index contributed by atoms with van der Waals surface area (Å²) >= 11 is 1.41. The number of aromatic nitrogens is 2. The van der Waals surface area contributed by atoms with Crippen molar-refractivity contribution >= 4 is 33.4 Å². The zero-order chi connectivity index (χ0) is 19.6. The Morgan fingerprint density at radius 3 is 2.59 bits per heavy atom. The Morgan fingerprint density at radius 1 is 1.26 bits per heavy atom. The number of likely N-dealkylation sites (N-methyl/N-ethyl adjacent to an activating group) is 1. The highest BCUT2D eigenvalue weighted by Crippen LogP contribution is 2.31. The van der Waals surface area contributed by atoms with Crippen LogP contribution >= 0.6 is 11.3 Å². The molecule has 0 unspecified atom stereocenters. The fourth-order valence-electron chi connectivity index (χ4n) is 2.92. The van der Waals surface area contributed by atoms with Gasteiger partial charge in [-0.2, -0.15) is 5.10 Å². The summed E-state index contributed by atoms with van der Waals surface area (Å²) in [6.45, 7) is 8.16. The number of nitrogens with one attached hydrogen (secondary N) is 1. The van der Waals surface area contributed by atoms with E-state index in [4.69, 9.17) is 0 Å². The third-order valence-corrected chi connectivity index (χ3v) is 5.31. The highest BCUT2D eigenvalue weighted by molar-refractivity contribution is 7.20. The summed E-state index contributed by atoms with van der Waals surface area (Å²) in [4.78, 5) is 28.1. The van der Waals surface area contributed by atoms with Gasteiger partial charge in [-0.25, -0.2) is 4.68 Å². The molecule has 0 fully saturated rings. The molecule has 0 aliphatic carbocycles. The minimum atomic E-state index is -0.145. The second-order valence-electron chi connectivity index (χ2n) is 6.70. The van der Waals surface area contributed by atoms with Crippen molar-refractivity contribution < 1.29 is 9.59 Å². The molecule has 0 atom stereocenters. The van der Waals surface area contributed by atoms with Crippen molar-refractivity contribution in [2.45, 2.75) is 33.7 Å². The molecule has 6 nitrogen and oxygen atoms in total. The number of carbonyl (C=O) groups is 2. The zero-order valence-corrected chi connectivity index (χ0v) is 16.8. The summed E-state index contributed by atoms with van der Waals surface area (Å²) in [6, 6.07) is 11.8. The normalized spacial score (nSPS) is 11.1. The molecule has 27 heavy (non-hydrogen) atoms. The van der Waals surface area contributed by atoms with E-state index in [0.717, 1.165) is 21.6 Å². The van der Waals surface area contributed by atoms with Crippen molar-refractivity contribution in [3.8, 4) is 5.69 Å². The molecule has 2 amide bonds. The van der Waals surface area contributed by atoms with Gasteiger partial charge in [-0.1, -0.05) is 18.2 Å². The van der Waals surface area contributed by atoms with Crippen molar-refractivity contribution in [1.29, 1.82) is 0 Å². The molecule has 0 saturated carbocycles. The number of benzene rings is 1. The fraction of sp³-hybridized carbons (Fsp3) is 0.350. The van der Waals surface area contributed by atoms with Gasteiger partial charge in [0.1, 0.15) is 4.83 Å². The topological polar surface area (TPSA) is 67.2 Å². The van der Waals surface area contributed by atoms with E-state index in [2.05, 4.69) is 10.4 Å². The number of para-hydroxylation sites is 1. The van der Waals surface area contributed by atoms with Gasteiger partial charge in [-0.05, 0) is 45.9 Å². The van der Waals surface area contributed by atoms with Crippen LogP contribution in [0.5, 0.6) is 0 Å². The molecule has 3 aromatic rings. The molecule has 7 heteroatoms. The van der Waals surface area contributed by atoms with Gasteiger partial charge < -0.3 is 10.2 Å². The number of hydrogen-bond acceptors (Lipinski definition) is 4. The van der Waals surface area contributed by atoms with Crippen LogP contribution in [0.25, 0.3) is 15.9 Å². The van der Waals surface area contributed by atoms with Crippen molar-refractivity contribution in [2.75, 3.05) is 13.1 Å². The first-order valence-corrected chi connectivity index (χ1v) is 9.85. The molecule has 0 aliphatic heterocycles. The molecular weight excluding hydrogens is 360 g/mol. The molecule has 2 heterocycles. The maximum atomic E-state index is 13.0. The van der Waals surface area contributed by atoms with E-state index in [1.807, 2.05) is 68.8 Å². The Labute approximate surface area is 162 Å². The lowest BCUT2D eigenvalue weighted by Crippen LogP contribution is -2.42. The number of carbonyl (C=O) groups excluding carboxylic acids is 2. The Balaban J connectivity index is 1.90. The molecule has 0 bridgehead atoms. The van der Waals surface area contributed by atoms with Gasteiger partial charge in [0.25, 0.3) is 5.91 Å². The van der Waals surface area contributed by atoms with Gasteiger partial charge in [0.15, 0.2) is 0 Å². The van der Waals surface area contributed by atoms with Gasteiger partial charge in [0.2, 0.25) is 5.91 Å². The second-order valence-corrected chi connectivity index (χ2v) is 7.73. The summed E-state index contributed by atoms with van der Waals surface area (Å²) in [7, 11) is 0. The maximum Gasteiger partial charge on any atom is 0.264 e. The summed E-state index contributed by atoms with van der Waals surface area (Å²) in [5, 5.41) is 8.40. The molecule has 142 valence electrons. The van der Waals surface area contributed by atoms with E-state index in [-0.39, 0.29) is 24.4 Å². The third-order valence-electron chi connectivity index (χ3n) is 4.21. The Hall–Kier alpha value is -2.67. The van der Waals surface area contributed by atoms with Crippen LogP contribution in [0.3, 0.4) is 0 Å². The van der Waals surface area contributed by atoms with E-state index < -0.39 is 0 Å². The SMILES string of the molecule is CCN(CC(=O)NC(C)C)C(=O)c1cc2c(C)nn(-c3ccccc3)c2s1. The summed E-state index contributed by atoms with van der Waals surface area (Å²) < 4.78 is 1.87. The maximum absolute atomic E-state index is 13.0. The van der Waals surface area contributed by atoms with Gasteiger partial charge >= 0.3 is 0 Å². The summed E-state index contributed by atoms with van der Waals surface area (Å²) in [5.74, 6) is -0.274. The molecule has 1 aromatic carbocycles. The lowest BCUT2D eigenvalue weighted by molar-refractivity contribution is -0.122. The predicted octanol–water partition coefficient (Wildman–Crippen LogP) is 3.38. The van der Waals surface area contributed by atoms with Crippen LogP contribution < -0.4 is 5.32 Å². The van der Waals surface area contributed by atoms with E-state index >= 15 is 0 Å². The molecular formula is C20H24N4O2S. The van der Waals surface area contributed by atoms with Crippen molar-refractivity contribution in [1.82, 2.24) is 20.0 Å². The minimum Gasteiger partial charge on any atom is -0.352 e. The number of fused-ring (bicyclic) bond motifs is 1. The zero-order valence-electron chi connectivity index (χ0n) is 16.0. The van der Waals surface area contributed by atoms with E-state index in [9.17, 15) is 9.59 Å². The average molecular weight is 385 g/mol. The Bertz CT molecular complexity index is 959. The smallest absolute Gasteiger partial charge is 0.264 e. The number of rotatable bonds is 6. The van der Waals surface area contributed by atoms with Gasteiger partial charge in [0.05, 0.1) is 22.8 Å². The molecule has 0 radical (unpaired) electrons. The first-order chi connectivity index (χ1) is 12.9. The first kappa shape index (κ1) is 19.1. The molecule has 1 N–H and O–H groups in total. The van der Waals surface area contributed by atoms with Crippen molar-refractivity contribution in [3.63, 3.8) is 0 Å².